The van der Waals surface area contributed by atoms with Gasteiger partial charge in [0.1, 0.15) is 0 Å². The highest BCUT2D eigenvalue weighted by Crippen LogP contribution is 2.18. The van der Waals surface area contributed by atoms with Crippen LogP contribution in [0.3, 0.4) is 0 Å². The van der Waals surface area contributed by atoms with E-state index < -0.39 is 9.84 Å². The normalized spacial score (nSPS) is 33.2. The largest absolute Gasteiger partial charge is 0.312 e. The van der Waals surface area contributed by atoms with Crippen LogP contribution < -0.4 is 5.32 Å². The van der Waals surface area contributed by atoms with E-state index >= 15 is 0 Å². The van der Waals surface area contributed by atoms with Gasteiger partial charge in [0.25, 0.3) is 0 Å². The zero-order chi connectivity index (χ0) is 12.3. The third-order valence-corrected chi connectivity index (χ3v) is 5.81. The molecule has 0 aromatic carbocycles. The third-order valence-electron chi connectivity index (χ3n) is 4.04. The van der Waals surface area contributed by atoms with E-state index in [9.17, 15) is 8.42 Å². The summed E-state index contributed by atoms with van der Waals surface area (Å²) >= 11 is 0. The van der Waals surface area contributed by atoms with E-state index in [1.54, 1.807) is 0 Å². The van der Waals surface area contributed by atoms with Crippen LogP contribution in [0.2, 0.25) is 0 Å². The van der Waals surface area contributed by atoms with Crippen molar-refractivity contribution in [1.29, 1.82) is 0 Å². The van der Waals surface area contributed by atoms with Crippen LogP contribution in [0.25, 0.3) is 0 Å². The lowest BCUT2D eigenvalue weighted by atomic mass is 10.1. The minimum atomic E-state index is -2.73. The highest BCUT2D eigenvalue weighted by molar-refractivity contribution is 7.91. The molecule has 0 amide bonds. The number of hydrogen-bond acceptors (Lipinski definition) is 4. The summed E-state index contributed by atoms with van der Waals surface area (Å²) in [5.74, 6) is 1.58. The molecule has 0 aromatic heterocycles. The first-order chi connectivity index (χ1) is 8.09. The molecule has 2 atom stereocenters. The summed E-state index contributed by atoms with van der Waals surface area (Å²) in [6.45, 7) is 6.68. The van der Waals surface area contributed by atoms with Crippen molar-refractivity contribution in [2.75, 3.05) is 37.7 Å². The van der Waals surface area contributed by atoms with Gasteiger partial charge in [0.2, 0.25) is 0 Å². The van der Waals surface area contributed by atoms with E-state index in [4.69, 9.17) is 0 Å². The zero-order valence-electron chi connectivity index (χ0n) is 10.7. The molecule has 4 nitrogen and oxygen atoms in total. The number of nitrogens with one attached hydrogen (secondary N) is 1. The molecule has 100 valence electrons. The fourth-order valence-corrected chi connectivity index (χ4v) is 4.54. The van der Waals surface area contributed by atoms with Gasteiger partial charge in [-0.15, -0.1) is 0 Å². The smallest absolute Gasteiger partial charge is 0.151 e. The van der Waals surface area contributed by atoms with Crippen LogP contribution in [0.4, 0.5) is 0 Å². The molecule has 17 heavy (non-hydrogen) atoms. The standard InChI is InChI=1S/C12H24N2O2S/c1-2-11-3-6-14(9-11)7-5-13-12-4-8-17(15,16)10-12/h11-13H,2-10H2,1H3. The molecular weight excluding hydrogens is 236 g/mol. The van der Waals surface area contributed by atoms with Crippen molar-refractivity contribution in [3.63, 3.8) is 0 Å². The lowest BCUT2D eigenvalue weighted by Crippen LogP contribution is -2.37. The van der Waals surface area contributed by atoms with Gasteiger partial charge in [-0.3, -0.25) is 0 Å². The first-order valence-corrected chi connectivity index (χ1v) is 8.57. The Morgan fingerprint density at radius 3 is 2.76 bits per heavy atom. The monoisotopic (exact) mass is 260 g/mol. The molecule has 2 heterocycles. The summed E-state index contributed by atoms with van der Waals surface area (Å²) in [5.41, 5.74) is 0. The van der Waals surface area contributed by atoms with Crippen molar-refractivity contribution in [2.24, 2.45) is 5.92 Å². The molecule has 1 N–H and O–H groups in total. The number of rotatable bonds is 5. The van der Waals surface area contributed by atoms with Crippen molar-refractivity contribution >= 4 is 9.84 Å². The van der Waals surface area contributed by atoms with Gasteiger partial charge in [-0.25, -0.2) is 8.42 Å². The second-order valence-electron chi connectivity index (χ2n) is 5.42. The number of sulfone groups is 1. The van der Waals surface area contributed by atoms with E-state index in [1.807, 2.05) is 0 Å². The van der Waals surface area contributed by atoms with Gasteiger partial charge < -0.3 is 10.2 Å². The Kier molecular flexibility index (Phi) is 4.44. The number of likely N-dealkylation sites (tertiary alicyclic amines) is 1. The molecule has 2 rings (SSSR count). The van der Waals surface area contributed by atoms with Gasteiger partial charge in [-0.05, 0) is 25.3 Å². The zero-order valence-corrected chi connectivity index (χ0v) is 11.5. The third kappa shape index (κ3) is 3.93. The summed E-state index contributed by atoms with van der Waals surface area (Å²) in [7, 11) is -2.73. The average Bonchev–Trinajstić information content (AvgIpc) is 2.85. The van der Waals surface area contributed by atoms with E-state index in [1.165, 1.54) is 25.9 Å². The van der Waals surface area contributed by atoms with Gasteiger partial charge in [0.15, 0.2) is 9.84 Å². The Labute approximate surface area is 105 Å². The Hall–Kier alpha value is -0.130. The molecule has 0 spiro atoms. The summed E-state index contributed by atoms with van der Waals surface area (Å²) in [6.07, 6.45) is 3.40. The van der Waals surface area contributed by atoms with Crippen molar-refractivity contribution < 1.29 is 8.42 Å². The highest BCUT2D eigenvalue weighted by atomic mass is 32.2. The van der Waals surface area contributed by atoms with Crippen molar-refractivity contribution in [1.82, 2.24) is 10.2 Å². The number of hydrogen-bond donors (Lipinski definition) is 1. The van der Waals surface area contributed by atoms with Crippen molar-refractivity contribution in [2.45, 2.75) is 32.2 Å². The maximum Gasteiger partial charge on any atom is 0.151 e. The Bertz CT molecular complexity index is 342. The fourth-order valence-electron chi connectivity index (χ4n) is 2.83. The minimum Gasteiger partial charge on any atom is -0.312 e. The van der Waals surface area contributed by atoms with Crippen LogP contribution >= 0.6 is 0 Å². The summed E-state index contributed by atoms with van der Waals surface area (Å²) in [5, 5.41) is 3.38. The average molecular weight is 260 g/mol. The van der Waals surface area contributed by atoms with Crippen molar-refractivity contribution in [3.05, 3.63) is 0 Å². The van der Waals surface area contributed by atoms with Crippen molar-refractivity contribution in [3.8, 4) is 0 Å². The second kappa shape index (κ2) is 5.67. The minimum absolute atomic E-state index is 0.199. The molecule has 0 aromatic rings. The lowest BCUT2D eigenvalue weighted by Gasteiger charge is -2.17. The molecule has 2 aliphatic heterocycles. The van der Waals surface area contributed by atoms with Crippen LogP contribution in [0.15, 0.2) is 0 Å². The maximum atomic E-state index is 11.3. The molecule has 0 saturated carbocycles. The van der Waals surface area contributed by atoms with Crippen LogP contribution in [0.5, 0.6) is 0 Å². The topological polar surface area (TPSA) is 49.4 Å². The highest BCUT2D eigenvalue weighted by Gasteiger charge is 2.27. The fraction of sp³-hybridized carbons (Fsp3) is 1.00. The molecule has 2 fully saturated rings. The molecule has 2 saturated heterocycles. The summed E-state index contributed by atoms with van der Waals surface area (Å²) in [4.78, 5) is 2.49. The van der Waals surface area contributed by atoms with E-state index in [0.29, 0.717) is 11.5 Å². The molecule has 2 unspecified atom stereocenters. The summed E-state index contributed by atoms with van der Waals surface area (Å²) < 4.78 is 22.6. The molecule has 0 radical (unpaired) electrons. The molecule has 0 bridgehead atoms. The summed E-state index contributed by atoms with van der Waals surface area (Å²) in [6, 6.07) is 0.199. The first kappa shape index (κ1) is 13.3. The van der Waals surface area contributed by atoms with Crippen LogP contribution in [0, 0.1) is 5.92 Å². The maximum absolute atomic E-state index is 11.3. The molecule has 2 aliphatic rings. The Morgan fingerprint density at radius 2 is 2.18 bits per heavy atom. The Balaban J connectivity index is 1.61. The predicted molar refractivity (Wildman–Crippen MR) is 69.9 cm³/mol. The van der Waals surface area contributed by atoms with Crippen LogP contribution in [0.1, 0.15) is 26.2 Å². The van der Waals surface area contributed by atoms with E-state index in [0.717, 1.165) is 25.4 Å². The van der Waals surface area contributed by atoms with Gasteiger partial charge in [0.05, 0.1) is 11.5 Å². The molecular formula is C12H24N2O2S. The second-order valence-corrected chi connectivity index (χ2v) is 7.65. The quantitative estimate of drug-likeness (QED) is 0.782. The van der Waals surface area contributed by atoms with Gasteiger partial charge >= 0.3 is 0 Å². The number of nitrogens with zero attached hydrogens (tertiary/aromatic N) is 1. The SMILES string of the molecule is CCC1CCN(CCNC2CCS(=O)(=O)C2)C1. The van der Waals surface area contributed by atoms with Gasteiger partial charge in [-0.2, -0.15) is 0 Å². The van der Waals surface area contributed by atoms with Gasteiger partial charge in [-0.1, -0.05) is 13.3 Å². The van der Waals surface area contributed by atoms with Crippen LogP contribution in [-0.2, 0) is 9.84 Å². The van der Waals surface area contributed by atoms with Gasteiger partial charge in [0, 0.05) is 25.7 Å². The molecule has 5 heteroatoms. The predicted octanol–water partition coefficient (Wildman–Crippen LogP) is 0.495. The molecule has 0 aliphatic carbocycles. The lowest BCUT2D eigenvalue weighted by molar-refractivity contribution is 0.315. The van der Waals surface area contributed by atoms with E-state index in [-0.39, 0.29) is 6.04 Å². The first-order valence-electron chi connectivity index (χ1n) is 6.75. The Morgan fingerprint density at radius 1 is 1.35 bits per heavy atom. The van der Waals surface area contributed by atoms with E-state index in [2.05, 4.69) is 17.1 Å². The van der Waals surface area contributed by atoms with Crippen LogP contribution in [-0.4, -0.2) is 57.0 Å².